The molecule has 0 fully saturated rings. The lowest BCUT2D eigenvalue weighted by Crippen LogP contribution is -2.20. The zero-order valence-corrected chi connectivity index (χ0v) is 11.4. The second-order valence-electron chi connectivity index (χ2n) is 3.94. The van der Waals surface area contributed by atoms with Crippen molar-refractivity contribution >= 4 is 23.3 Å². The summed E-state index contributed by atoms with van der Waals surface area (Å²) in [5, 5.41) is 2.53. The van der Waals surface area contributed by atoms with E-state index < -0.39 is 0 Å². The first-order valence-electron chi connectivity index (χ1n) is 5.95. The Morgan fingerprint density at radius 2 is 2.15 bits per heavy atom. The van der Waals surface area contributed by atoms with Gasteiger partial charge in [0.2, 0.25) is 5.91 Å². The molecular weight excluding hydrogens is 273 g/mol. The summed E-state index contributed by atoms with van der Waals surface area (Å²) in [7, 11) is 0. The van der Waals surface area contributed by atoms with E-state index in [9.17, 15) is 9.18 Å². The Labute approximate surface area is 121 Å². The lowest BCUT2D eigenvalue weighted by atomic mass is 10.2. The molecule has 1 amide bonds. The quantitative estimate of drug-likeness (QED) is 0.677. The van der Waals surface area contributed by atoms with Crippen molar-refractivity contribution in [2.75, 3.05) is 6.54 Å². The summed E-state index contributed by atoms with van der Waals surface area (Å²) in [6.07, 6.45) is 8.14. The molecule has 4 heteroatoms. The number of hydrogen-bond acceptors (Lipinski definition) is 2. The number of rotatable bonds is 4. The second kappa shape index (κ2) is 6.69. The molecule has 0 aliphatic carbocycles. The molecular formula is C16H12FNOS. The van der Waals surface area contributed by atoms with Crippen molar-refractivity contribution in [1.82, 2.24) is 5.32 Å². The van der Waals surface area contributed by atoms with Gasteiger partial charge in [-0.25, -0.2) is 4.39 Å². The molecule has 2 nitrogen and oxygen atoms in total. The number of benzene rings is 1. The van der Waals surface area contributed by atoms with Gasteiger partial charge in [0.1, 0.15) is 5.82 Å². The molecule has 1 aromatic heterocycles. The molecule has 100 valence electrons. The zero-order chi connectivity index (χ0) is 14.4. The van der Waals surface area contributed by atoms with Crippen molar-refractivity contribution in [2.24, 2.45) is 0 Å². The van der Waals surface area contributed by atoms with Gasteiger partial charge in [-0.15, -0.1) is 17.8 Å². The summed E-state index contributed by atoms with van der Waals surface area (Å²) < 4.78 is 13.6. The minimum absolute atomic E-state index is 0.202. The van der Waals surface area contributed by atoms with Crippen molar-refractivity contribution < 1.29 is 9.18 Å². The third kappa shape index (κ3) is 3.56. The maximum atomic E-state index is 13.6. The van der Waals surface area contributed by atoms with Crippen LogP contribution in [-0.4, -0.2) is 12.5 Å². The summed E-state index contributed by atoms with van der Waals surface area (Å²) in [6, 6.07) is 10.3. The molecule has 0 saturated carbocycles. The lowest BCUT2D eigenvalue weighted by molar-refractivity contribution is -0.116. The van der Waals surface area contributed by atoms with E-state index in [1.165, 1.54) is 23.5 Å². The van der Waals surface area contributed by atoms with Crippen molar-refractivity contribution in [1.29, 1.82) is 0 Å². The number of amides is 1. The van der Waals surface area contributed by atoms with Crippen LogP contribution in [0, 0.1) is 18.2 Å². The minimum Gasteiger partial charge on any atom is -0.342 e. The van der Waals surface area contributed by atoms with Crippen molar-refractivity contribution in [2.45, 2.75) is 0 Å². The van der Waals surface area contributed by atoms with E-state index in [1.807, 2.05) is 12.1 Å². The fraction of sp³-hybridized carbons (Fsp3) is 0.0625. The van der Waals surface area contributed by atoms with E-state index in [0.29, 0.717) is 5.56 Å². The average molecular weight is 285 g/mol. The van der Waals surface area contributed by atoms with Crippen LogP contribution in [0.4, 0.5) is 4.39 Å². The fourth-order valence-corrected chi connectivity index (χ4v) is 2.54. The monoisotopic (exact) mass is 285 g/mol. The van der Waals surface area contributed by atoms with Crippen LogP contribution >= 0.6 is 11.3 Å². The summed E-state index contributed by atoms with van der Waals surface area (Å²) >= 11 is 1.42. The third-order valence-corrected chi connectivity index (χ3v) is 3.61. The molecule has 2 rings (SSSR count). The molecule has 0 unspecified atom stereocenters. The Morgan fingerprint density at radius 3 is 2.90 bits per heavy atom. The smallest absolute Gasteiger partial charge is 0.244 e. The average Bonchev–Trinajstić information content (AvgIpc) is 2.92. The van der Waals surface area contributed by atoms with Gasteiger partial charge < -0.3 is 5.32 Å². The Hall–Kier alpha value is -2.38. The van der Waals surface area contributed by atoms with Crippen LogP contribution in [0.3, 0.4) is 0 Å². The molecule has 0 radical (unpaired) electrons. The summed E-state index contributed by atoms with van der Waals surface area (Å²) in [5.74, 6) is 1.82. The largest absolute Gasteiger partial charge is 0.342 e. The maximum absolute atomic E-state index is 13.6. The fourth-order valence-electron chi connectivity index (χ4n) is 1.60. The Balaban J connectivity index is 2.10. The first kappa shape index (κ1) is 14.0. The van der Waals surface area contributed by atoms with Crippen LogP contribution in [0.5, 0.6) is 0 Å². The molecule has 0 aliphatic rings. The first-order valence-corrected chi connectivity index (χ1v) is 6.76. The van der Waals surface area contributed by atoms with Gasteiger partial charge in [0.05, 0.1) is 6.54 Å². The van der Waals surface area contributed by atoms with Gasteiger partial charge in [-0.2, -0.15) is 0 Å². The number of hydrogen-bond donors (Lipinski definition) is 1. The zero-order valence-electron chi connectivity index (χ0n) is 10.6. The molecule has 0 bridgehead atoms. The number of thiophene rings is 1. The van der Waals surface area contributed by atoms with Crippen LogP contribution in [-0.2, 0) is 4.79 Å². The van der Waals surface area contributed by atoms with E-state index in [2.05, 4.69) is 11.2 Å². The van der Waals surface area contributed by atoms with Gasteiger partial charge in [-0.3, -0.25) is 4.79 Å². The number of halogens is 1. The van der Waals surface area contributed by atoms with Gasteiger partial charge in [-0.05, 0) is 24.3 Å². The lowest BCUT2D eigenvalue weighted by Gasteiger charge is -1.97. The molecule has 0 spiro atoms. The molecule has 0 aliphatic heterocycles. The topological polar surface area (TPSA) is 29.1 Å². The highest BCUT2D eigenvalue weighted by Gasteiger charge is 2.06. The predicted molar refractivity (Wildman–Crippen MR) is 80.6 cm³/mol. The number of terminal acetylenes is 1. The van der Waals surface area contributed by atoms with Gasteiger partial charge in [0.25, 0.3) is 0 Å². The van der Waals surface area contributed by atoms with E-state index in [-0.39, 0.29) is 18.3 Å². The number of carbonyl (C=O) groups is 1. The third-order valence-electron chi connectivity index (χ3n) is 2.53. The van der Waals surface area contributed by atoms with E-state index in [0.717, 1.165) is 9.75 Å². The molecule has 1 heterocycles. The van der Waals surface area contributed by atoms with Gasteiger partial charge >= 0.3 is 0 Å². The van der Waals surface area contributed by atoms with Gasteiger partial charge in [0, 0.05) is 21.4 Å². The van der Waals surface area contributed by atoms with E-state index >= 15 is 0 Å². The normalized spacial score (nSPS) is 10.4. The Bertz CT molecular complexity index is 682. The first-order chi connectivity index (χ1) is 9.70. The number of carbonyl (C=O) groups excluding carboxylic acids is 1. The van der Waals surface area contributed by atoms with Crippen LogP contribution in [0.1, 0.15) is 4.88 Å². The molecule has 0 saturated heterocycles. The highest BCUT2D eigenvalue weighted by Crippen LogP contribution is 2.30. The van der Waals surface area contributed by atoms with Crippen molar-refractivity contribution in [3.05, 3.63) is 53.2 Å². The maximum Gasteiger partial charge on any atom is 0.244 e. The molecule has 1 N–H and O–H groups in total. The predicted octanol–water partition coefficient (Wildman–Crippen LogP) is 3.32. The van der Waals surface area contributed by atoms with E-state index in [1.54, 1.807) is 24.3 Å². The molecule has 20 heavy (non-hydrogen) atoms. The van der Waals surface area contributed by atoms with E-state index in [4.69, 9.17) is 6.42 Å². The summed E-state index contributed by atoms with van der Waals surface area (Å²) in [6.45, 7) is 0.202. The minimum atomic E-state index is -0.253. The molecule has 0 atom stereocenters. The van der Waals surface area contributed by atoms with Crippen LogP contribution in [0.2, 0.25) is 0 Å². The SMILES string of the molecule is C#CCNC(=O)C=Cc1ccc(-c2ccccc2F)s1. The highest BCUT2D eigenvalue weighted by molar-refractivity contribution is 7.16. The Morgan fingerprint density at radius 1 is 1.35 bits per heavy atom. The van der Waals surface area contributed by atoms with Crippen molar-refractivity contribution in [3.8, 4) is 22.8 Å². The van der Waals surface area contributed by atoms with Crippen LogP contribution in [0.15, 0.2) is 42.5 Å². The van der Waals surface area contributed by atoms with Gasteiger partial charge in [-0.1, -0.05) is 24.1 Å². The Kier molecular flexibility index (Phi) is 4.70. The molecule has 1 aromatic carbocycles. The van der Waals surface area contributed by atoms with Crippen LogP contribution in [0.25, 0.3) is 16.5 Å². The van der Waals surface area contributed by atoms with Crippen LogP contribution < -0.4 is 5.32 Å². The van der Waals surface area contributed by atoms with Gasteiger partial charge in [0.15, 0.2) is 0 Å². The van der Waals surface area contributed by atoms with Crippen molar-refractivity contribution in [3.63, 3.8) is 0 Å². The standard InChI is InChI=1S/C16H12FNOS/c1-2-11-18-16(19)10-8-12-7-9-15(20-12)13-5-3-4-6-14(13)17/h1,3-10H,11H2,(H,18,19). The second-order valence-corrected chi connectivity index (χ2v) is 5.05. The molecule has 2 aromatic rings. The highest BCUT2D eigenvalue weighted by atomic mass is 32.1. The summed E-state index contributed by atoms with van der Waals surface area (Å²) in [4.78, 5) is 13.1. The summed E-state index contributed by atoms with van der Waals surface area (Å²) in [5.41, 5.74) is 0.564. The number of nitrogens with one attached hydrogen (secondary N) is 1.